The summed E-state index contributed by atoms with van der Waals surface area (Å²) in [6.07, 6.45) is 2.36. The normalized spacial score (nSPS) is 18.3. The molecule has 0 bridgehead atoms. The van der Waals surface area contributed by atoms with E-state index in [1.54, 1.807) is 30.3 Å². The van der Waals surface area contributed by atoms with Crippen molar-refractivity contribution in [3.8, 4) is 5.75 Å². The highest BCUT2D eigenvalue weighted by Gasteiger charge is 2.45. The lowest BCUT2D eigenvalue weighted by atomic mass is 9.95. The van der Waals surface area contributed by atoms with E-state index >= 15 is 0 Å². The molecule has 1 amide bonds. The van der Waals surface area contributed by atoms with Gasteiger partial charge in [-0.25, -0.2) is 0 Å². The standard InChI is InChI=1S/C23H23NO4/c1-3-14-24-20(16-8-6-5-7-9-16)19(22(26)23(24)27)21(25)17-10-12-18(13-11-17)28-15-4-2/h4-13,20,25H,2-3,14-15H2,1H3. The minimum atomic E-state index is -0.660. The van der Waals surface area contributed by atoms with Crippen molar-refractivity contribution < 1.29 is 19.4 Å². The highest BCUT2D eigenvalue weighted by Crippen LogP contribution is 2.39. The van der Waals surface area contributed by atoms with Crippen molar-refractivity contribution >= 4 is 17.4 Å². The number of hydrogen-bond donors (Lipinski definition) is 1. The van der Waals surface area contributed by atoms with Gasteiger partial charge in [0.05, 0.1) is 11.6 Å². The third kappa shape index (κ3) is 3.69. The molecule has 0 aliphatic carbocycles. The molecule has 1 saturated heterocycles. The zero-order valence-electron chi connectivity index (χ0n) is 15.8. The van der Waals surface area contributed by atoms with E-state index < -0.39 is 17.7 Å². The van der Waals surface area contributed by atoms with Crippen LogP contribution in [0.1, 0.15) is 30.5 Å². The predicted molar refractivity (Wildman–Crippen MR) is 108 cm³/mol. The van der Waals surface area contributed by atoms with Crippen LogP contribution in [0.3, 0.4) is 0 Å². The van der Waals surface area contributed by atoms with Gasteiger partial charge in [0.25, 0.3) is 11.7 Å². The number of aliphatic hydroxyl groups is 1. The molecular weight excluding hydrogens is 354 g/mol. The first-order valence-electron chi connectivity index (χ1n) is 9.26. The molecule has 0 aromatic heterocycles. The van der Waals surface area contributed by atoms with Crippen LogP contribution in [-0.4, -0.2) is 34.8 Å². The van der Waals surface area contributed by atoms with Gasteiger partial charge in [-0.3, -0.25) is 9.59 Å². The average molecular weight is 377 g/mol. The highest BCUT2D eigenvalue weighted by atomic mass is 16.5. The van der Waals surface area contributed by atoms with E-state index in [2.05, 4.69) is 6.58 Å². The Bertz CT molecular complexity index is 900. The molecule has 1 N–H and O–H groups in total. The van der Waals surface area contributed by atoms with E-state index in [-0.39, 0.29) is 11.3 Å². The quantitative estimate of drug-likeness (QED) is 0.342. The maximum atomic E-state index is 12.8. The molecule has 5 nitrogen and oxygen atoms in total. The number of amides is 1. The maximum absolute atomic E-state index is 12.8. The minimum Gasteiger partial charge on any atom is -0.507 e. The zero-order chi connectivity index (χ0) is 20.1. The molecule has 144 valence electrons. The SMILES string of the molecule is C=CCOc1ccc(C(O)=C2C(=O)C(=O)N(CCC)C2c2ccccc2)cc1. The number of rotatable bonds is 7. The van der Waals surface area contributed by atoms with Crippen LogP contribution in [0.5, 0.6) is 5.75 Å². The summed E-state index contributed by atoms with van der Waals surface area (Å²) < 4.78 is 5.45. The Hall–Kier alpha value is -3.34. The number of ether oxygens (including phenoxy) is 1. The number of benzene rings is 2. The summed E-state index contributed by atoms with van der Waals surface area (Å²) in [5.74, 6) is -0.793. The summed E-state index contributed by atoms with van der Waals surface area (Å²) in [6, 6.07) is 15.5. The Balaban J connectivity index is 2.06. The second-order valence-corrected chi connectivity index (χ2v) is 6.53. The first-order chi connectivity index (χ1) is 13.6. The molecule has 1 aliphatic heterocycles. The van der Waals surface area contributed by atoms with E-state index in [1.165, 1.54) is 4.90 Å². The Labute approximate surface area is 164 Å². The summed E-state index contributed by atoms with van der Waals surface area (Å²) in [4.78, 5) is 26.9. The molecule has 1 heterocycles. The fourth-order valence-corrected chi connectivity index (χ4v) is 3.35. The number of Topliss-reactive ketones (excluding diaryl/α,β-unsaturated/α-hetero) is 1. The van der Waals surface area contributed by atoms with Crippen LogP contribution in [0.25, 0.3) is 5.76 Å². The summed E-state index contributed by atoms with van der Waals surface area (Å²) >= 11 is 0. The number of hydrogen-bond acceptors (Lipinski definition) is 4. The summed E-state index contributed by atoms with van der Waals surface area (Å²) in [7, 11) is 0. The monoisotopic (exact) mass is 377 g/mol. The van der Waals surface area contributed by atoms with Crippen molar-refractivity contribution in [1.82, 2.24) is 4.90 Å². The Morgan fingerprint density at radius 2 is 1.82 bits per heavy atom. The molecular formula is C23H23NO4. The van der Waals surface area contributed by atoms with Gasteiger partial charge < -0.3 is 14.7 Å². The third-order valence-electron chi connectivity index (χ3n) is 4.62. The number of carbonyl (C=O) groups is 2. The summed E-state index contributed by atoms with van der Waals surface area (Å²) in [5, 5.41) is 10.9. The van der Waals surface area contributed by atoms with Crippen molar-refractivity contribution in [3.63, 3.8) is 0 Å². The Kier molecular flexibility index (Phi) is 5.94. The van der Waals surface area contributed by atoms with Gasteiger partial charge in [-0.05, 0) is 36.2 Å². The van der Waals surface area contributed by atoms with Crippen molar-refractivity contribution in [2.24, 2.45) is 0 Å². The second-order valence-electron chi connectivity index (χ2n) is 6.53. The molecule has 2 aromatic carbocycles. The van der Waals surface area contributed by atoms with Crippen LogP contribution in [-0.2, 0) is 9.59 Å². The number of ketones is 1. The summed E-state index contributed by atoms with van der Waals surface area (Å²) in [6.45, 7) is 6.37. The zero-order valence-corrected chi connectivity index (χ0v) is 15.8. The van der Waals surface area contributed by atoms with Crippen LogP contribution in [0.2, 0.25) is 0 Å². The Morgan fingerprint density at radius 3 is 2.43 bits per heavy atom. The molecule has 28 heavy (non-hydrogen) atoms. The molecule has 1 atom stereocenters. The van der Waals surface area contributed by atoms with Gasteiger partial charge in [-0.1, -0.05) is 49.9 Å². The lowest BCUT2D eigenvalue weighted by Gasteiger charge is -2.24. The number of likely N-dealkylation sites (tertiary alicyclic amines) is 1. The van der Waals surface area contributed by atoms with Crippen LogP contribution in [0.15, 0.2) is 72.8 Å². The third-order valence-corrected chi connectivity index (χ3v) is 4.62. The number of carbonyl (C=O) groups excluding carboxylic acids is 2. The van der Waals surface area contributed by atoms with Crippen molar-refractivity contribution in [1.29, 1.82) is 0 Å². The molecule has 0 radical (unpaired) electrons. The first-order valence-corrected chi connectivity index (χ1v) is 9.26. The van der Waals surface area contributed by atoms with Crippen molar-refractivity contribution in [2.45, 2.75) is 19.4 Å². The largest absolute Gasteiger partial charge is 0.507 e. The van der Waals surface area contributed by atoms with E-state index in [0.717, 1.165) is 5.56 Å². The lowest BCUT2D eigenvalue weighted by molar-refractivity contribution is -0.139. The maximum Gasteiger partial charge on any atom is 0.295 e. The second kappa shape index (κ2) is 8.57. The van der Waals surface area contributed by atoms with Gasteiger partial charge in [0.2, 0.25) is 0 Å². The van der Waals surface area contributed by atoms with Gasteiger partial charge in [-0.2, -0.15) is 0 Å². The number of nitrogens with zero attached hydrogens (tertiary/aromatic N) is 1. The van der Waals surface area contributed by atoms with E-state index in [9.17, 15) is 14.7 Å². The van der Waals surface area contributed by atoms with Crippen molar-refractivity contribution in [2.75, 3.05) is 13.2 Å². The van der Waals surface area contributed by atoms with E-state index in [4.69, 9.17) is 4.74 Å². The topological polar surface area (TPSA) is 66.8 Å². The van der Waals surface area contributed by atoms with Gasteiger partial charge >= 0.3 is 0 Å². The van der Waals surface area contributed by atoms with Crippen LogP contribution in [0, 0.1) is 0 Å². The number of aliphatic hydroxyl groups excluding tert-OH is 1. The van der Waals surface area contributed by atoms with E-state index in [1.807, 2.05) is 37.3 Å². The molecule has 2 aromatic rings. The van der Waals surface area contributed by atoms with Gasteiger partial charge in [-0.15, -0.1) is 0 Å². The molecule has 0 spiro atoms. The molecule has 1 unspecified atom stereocenters. The van der Waals surface area contributed by atoms with Crippen LogP contribution < -0.4 is 4.74 Å². The van der Waals surface area contributed by atoms with Crippen LogP contribution >= 0.6 is 0 Å². The fraction of sp³-hybridized carbons (Fsp3) is 0.217. The van der Waals surface area contributed by atoms with Gasteiger partial charge in [0.15, 0.2) is 0 Å². The predicted octanol–water partition coefficient (Wildman–Crippen LogP) is 4.08. The molecule has 1 fully saturated rings. The van der Waals surface area contributed by atoms with Gasteiger partial charge in [0.1, 0.15) is 18.1 Å². The minimum absolute atomic E-state index is 0.115. The van der Waals surface area contributed by atoms with Crippen molar-refractivity contribution in [3.05, 3.63) is 84.0 Å². The molecule has 3 rings (SSSR count). The highest BCUT2D eigenvalue weighted by molar-refractivity contribution is 6.46. The first kappa shape index (κ1) is 19.4. The lowest BCUT2D eigenvalue weighted by Crippen LogP contribution is -2.30. The summed E-state index contributed by atoms with van der Waals surface area (Å²) in [5.41, 5.74) is 1.37. The van der Waals surface area contributed by atoms with E-state index in [0.29, 0.717) is 30.9 Å². The average Bonchev–Trinajstić information content (AvgIpc) is 2.98. The molecule has 0 saturated carbocycles. The smallest absolute Gasteiger partial charge is 0.295 e. The van der Waals surface area contributed by atoms with Crippen LogP contribution in [0.4, 0.5) is 0 Å². The molecule has 1 aliphatic rings. The fourth-order valence-electron chi connectivity index (χ4n) is 3.35. The molecule has 5 heteroatoms. The van der Waals surface area contributed by atoms with Gasteiger partial charge in [0, 0.05) is 12.1 Å². The Morgan fingerprint density at radius 1 is 1.14 bits per heavy atom.